The summed E-state index contributed by atoms with van der Waals surface area (Å²) in [6, 6.07) is 18.2. The number of alkyl halides is 3. The van der Waals surface area contributed by atoms with Gasteiger partial charge in [-0.2, -0.15) is 5.10 Å². The Bertz CT molecular complexity index is 1740. The number of benzene rings is 3. The first-order valence-electron chi connectivity index (χ1n) is 17.2. The summed E-state index contributed by atoms with van der Waals surface area (Å²) in [7, 11) is 2.11. The van der Waals surface area contributed by atoms with Crippen LogP contribution in [0.4, 0.5) is 24.5 Å². The minimum absolute atomic E-state index is 0.0541. The third-order valence-corrected chi connectivity index (χ3v) is 8.49. The number of carbonyl (C=O) groups excluding carboxylic acids is 1. The Morgan fingerprint density at radius 1 is 1.06 bits per heavy atom. The van der Waals surface area contributed by atoms with Gasteiger partial charge in [0.15, 0.2) is 5.17 Å². The lowest BCUT2D eigenvalue weighted by Crippen LogP contribution is -2.39. The van der Waals surface area contributed by atoms with Crippen LogP contribution < -0.4 is 21.2 Å². The molecular formula is C38H49F3N8O4S. The summed E-state index contributed by atoms with van der Waals surface area (Å²) in [5, 5.41) is 15.8. The molecule has 0 radical (unpaired) electrons. The number of nitrogens with two attached hydrogens (primary N) is 1. The average Bonchev–Trinajstić information content (AvgIpc) is 3.11. The number of amidine groups is 2. The first-order chi connectivity index (χ1) is 25.5. The van der Waals surface area contributed by atoms with Crippen molar-refractivity contribution in [3.63, 3.8) is 0 Å². The molecule has 3 aromatic carbocycles. The van der Waals surface area contributed by atoms with E-state index in [1.807, 2.05) is 44.2 Å². The number of aryl methyl sites for hydroxylation is 2. The molecule has 1 saturated heterocycles. The summed E-state index contributed by atoms with van der Waals surface area (Å²) >= 11 is 1.29. The molecule has 5 N–H and O–H groups in total. The number of nitrogens with one attached hydrogen (secondary N) is 2. The van der Waals surface area contributed by atoms with Crippen molar-refractivity contribution < 1.29 is 32.8 Å². The van der Waals surface area contributed by atoms with E-state index in [9.17, 15) is 18.0 Å². The Morgan fingerprint density at radius 2 is 1.70 bits per heavy atom. The van der Waals surface area contributed by atoms with Gasteiger partial charge >= 0.3 is 6.36 Å². The van der Waals surface area contributed by atoms with Crippen LogP contribution in [0, 0.1) is 19.8 Å². The molecule has 16 heteroatoms. The van der Waals surface area contributed by atoms with E-state index in [0.717, 1.165) is 60.4 Å². The number of halogens is 3. The molecule has 0 saturated carbocycles. The molecule has 1 fully saturated rings. The summed E-state index contributed by atoms with van der Waals surface area (Å²) in [5.74, 6) is 0.462. The van der Waals surface area contributed by atoms with Gasteiger partial charge in [-0.25, -0.2) is 19.9 Å². The number of hydrazone groups is 1. The number of carbonyl (C=O) groups is 1. The third kappa shape index (κ3) is 16.9. The second-order valence-electron chi connectivity index (χ2n) is 13.5. The van der Waals surface area contributed by atoms with Gasteiger partial charge in [-0.05, 0) is 108 Å². The van der Waals surface area contributed by atoms with Gasteiger partial charge in [-0.15, -0.1) is 13.2 Å². The van der Waals surface area contributed by atoms with Gasteiger partial charge in [-0.1, -0.05) is 54.2 Å². The van der Waals surface area contributed by atoms with Crippen LogP contribution in [0.25, 0.3) is 0 Å². The van der Waals surface area contributed by atoms with Gasteiger partial charge in [-0.3, -0.25) is 15.5 Å². The summed E-state index contributed by atoms with van der Waals surface area (Å²) in [6.07, 6.45) is 0.353. The van der Waals surface area contributed by atoms with E-state index >= 15 is 0 Å². The van der Waals surface area contributed by atoms with Crippen molar-refractivity contribution in [2.45, 2.75) is 59.4 Å². The zero-order valence-corrected chi connectivity index (χ0v) is 32.2. The number of ether oxygens (including phenoxy) is 1. The van der Waals surface area contributed by atoms with Crippen molar-refractivity contribution >= 4 is 52.6 Å². The van der Waals surface area contributed by atoms with Crippen molar-refractivity contribution in [2.24, 2.45) is 31.7 Å². The Balaban J connectivity index is 0.00000120. The van der Waals surface area contributed by atoms with Crippen LogP contribution in [-0.2, 0) is 9.68 Å². The van der Waals surface area contributed by atoms with E-state index in [-0.39, 0.29) is 23.2 Å². The molecule has 4 rings (SSSR count). The number of piperidine rings is 1. The lowest BCUT2D eigenvalue weighted by molar-refractivity contribution is -0.306. The van der Waals surface area contributed by atoms with Gasteiger partial charge in [0.1, 0.15) is 17.9 Å². The number of para-hydroxylation sites is 1. The number of likely N-dealkylation sites (tertiary alicyclic amines) is 1. The standard InChI is InChI=1S/C34H39F3N8O2S.C4H10O2/c1-23-6-4-7-24(2)31(23)43-33(48-21-30(46)39-18-26-8-5-17-45(3)20-26)44-42-19-25-9-11-27(12-10-25)32(38)41-22-40-28-13-15-29(16-14-28)47-34(35,36)37;1-4(2,3)6-5/h4,6-7,9-16,19,22,26H,5,8,17-18,20-21H2,1-3H3,(H,39,46)(H,43,44)(H2,38,40,41);5H,1-3H3/b42-19+;. The molecule has 0 spiro atoms. The predicted octanol–water partition coefficient (Wildman–Crippen LogP) is 7.34. The van der Waals surface area contributed by atoms with E-state index in [1.54, 1.807) is 39.1 Å². The van der Waals surface area contributed by atoms with Crippen LogP contribution in [0.5, 0.6) is 5.75 Å². The highest BCUT2D eigenvalue weighted by Crippen LogP contribution is 2.26. The first-order valence-corrected chi connectivity index (χ1v) is 18.2. The summed E-state index contributed by atoms with van der Waals surface area (Å²) < 4.78 is 40.8. The number of aliphatic imine (C=N–C) groups is 3. The summed E-state index contributed by atoms with van der Waals surface area (Å²) in [4.78, 5) is 31.9. The quantitative estimate of drug-likeness (QED) is 0.0683. The molecule has 1 amide bonds. The number of nitrogens with zero attached hydrogens (tertiary/aromatic N) is 5. The van der Waals surface area contributed by atoms with E-state index in [4.69, 9.17) is 16.0 Å². The van der Waals surface area contributed by atoms with Crippen LogP contribution in [0.2, 0.25) is 0 Å². The highest BCUT2D eigenvalue weighted by molar-refractivity contribution is 8.14. The Labute approximate surface area is 318 Å². The van der Waals surface area contributed by atoms with Gasteiger partial charge in [0, 0.05) is 18.7 Å². The van der Waals surface area contributed by atoms with Crippen LogP contribution in [-0.4, -0.2) is 84.0 Å². The molecule has 3 aromatic rings. The molecular weight excluding hydrogens is 722 g/mol. The molecule has 1 aliphatic rings. The SMILES string of the molecule is CC(C)(C)OO.Cc1cccc(C)c1N=C(N/N=C/c1ccc(C(N)=NC=Nc2ccc(OC(F)(F)F)cc2)cc1)SCC(=O)NCC1CCCN(C)C1. The van der Waals surface area contributed by atoms with E-state index in [0.29, 0.717) is 28.9 Å². The normalized spacial score (nSPS) is 15.9. The smallest absolute Gasteiger partial charge is 0.406 e. The second-order valence-corrected chi connectivity index (χ2v) is 14.5. The van der Waals surface area contributed by atoms with Crippen molar-refractivity contribution in [2.75, 3.05) is 32.4 Å². The average molecular weight is 771 g/mol. The van der Waals surface area contributed by atoms with Crippen molar-refractivity contribution in [1.29, 1.82) is 0 Å². The lowest BCUT2D eigenvalue weighted by atomic mass is 9.98. The van der Waals surface area contributed by atoms with E-state index in [2.05, 4.69) is 47.4 Å². The molecule has 54 heavy (non-hydrogen) atoms. The maximum atomic E-state index is 12.7. The number of thioether (sulfide) groups is 1. The minimum atomic E-state index is -4.76. The van der Waals surface area contributed by atoms with Crippen LogP contribution in [0.15, 0.2) is 86.8 Å². The highest BCUT2D eigenvalue weighted by Gasteiger charge is 2.31. The molecule has 292 valence electrons. The Kier molecular flexibility index (Phi) is 17.1. The fourth-order valence-corrected chi connectivity index (χ4v) is 5.57. The summed E-state index contributed by atoms with van der Waals surface area (Å²) in [5.41, 5.74) is 13.3. The minimum Gasteiger partial charge on any atom is -0.406 e. The monoisotopic (exact) mass is 770 g/mol. The predicted molar refractivity (Wildman–Crippen MR) is 211 cm³/mol. The maximum Gasteiger partial charge on any atom is 0.573 e. The zero-order valence-electron chi connectivity index (χ0n) is 31.4. The van der Waals surface area contributed by atoms with Crippen LogP contribution in [0.1, 0.15) is 55.9 Å². The fraction of sp³-hybridized carbons (Fsp3) is 0.395. The number of hydrogen-bond acceptors (Lipinski definition) is 9. The van der Waals surface area contributed by atoms with Gasteiger partial charge in [0.25, 0.3) is 0 Å². The largest absolute Gasteiger partial charge is 0.573 e. The van der Waals surface area contributed by atoms with Gasteiger partial charge in [0.05, 0.1) is 28.9 Å². The van der Waals surface area contributed by atoms with Gasteiger partial charge < -0.3 is 20.7 Å². The highest BCUT2D eigenvalue weighted by atomic mass is 32.2. The lowest BCUT2D eigenvalue weighted by Gasteiger charge is -2.29. The Hall–Kier alpha value is -4.77. The topological polar surface area (TPSA) is 159 Å². The fourth-order valence-electron chi connectivity index (χ4n) is 4.92. The second kappa shape index (κ2) is 21.2. The van der Waals surface area contributed by atoms with Crippen LogP contribution in [0.3, 0.4) is 0 Å². The molecule has 1 atom stereocenters. The van der Waals surface area contributed by atoms with Crippen molar-refractivity contribution in [1.82, 2.24) is 15.6 Å². The number of hydrogen-bond donors (Lipinski definition) is 4. The van der Waals surface area contributed by atoms with Crippen molar-refractivity contribution in [3.8, 4) is 5.75 Å². The van der Waals surface area contributed by atoms with Crippen molar-refractivity contribution in [3.05, 3.63) is 89.0 Å². The molecule has 0 aliphatic carbocycles. The van der Waals surface area contributed by atoms with Gasteiger partial charge in [0.2, 0.25) is 5.91 Å². The van der Waals surface area contributed by atoms with E-state index in [1.165, 1.54) is 30.2 Å². The summed E-state index contributed by atoms with van der Waals surface area (Å²) in [6.45, 7) is 12.0. The molecule has 0 bridgehead atoms. The Morgan fingerprint density at radius 3 is 2.30 bits per heavy atom. The zero-order chi connectivity index (χ0) is 39.7. The molecule has 12 nitrogen and oxygen atoms in total. The number of rotatable bonds is 11. The number of amides is 1. The molecule has 1 heterocycles. The van der Waals surface area contributed by atoms with E-state index < -0.39 is 12.0 Å². The maximum absolute atomic E-state index is 12.7. The first kappa shape index (κ1) is 43.6. The molecule has 0 aromatic heterocycles. The van der Waals surface area contributed by atoms with Crippen LogP contribution >= 0.6 is 11.8 Å². The molecule has 1 aliphatic heterocycles. The molecule has 1 unspecified atom stereocenters. The third-order valence-electron chi connectivity index (χ3n) is 7.63.